The summed E-state index contributed by atoms with van der Waals surface area (Å²) in [6.45, 7) is 3.65. The molecule has 0 aliphatic carbocycles. The fraction of sp³-hybridized carbons (Fsp3) is 0.450. The quantitative estimate of drug-likeness (QED) is 0.428. The van der Waals surface area contributed by atoms with Gasteiger partial charge in [-0.3, -0.25) is 4.99 Å². The van der Waals surface area contributed by atoms with Gasteiger partial charge in [0.1, 0.15) is 0 Å². The third kappa shape index (κ3) is 5.57. The van der Waals surface area contributed by atoms with Gasteiger partial charge in [0.25, 0.3) is 0 Å². The maximum Gasteiger partial charge on any atom is 0.193 e. The van der Waals surface area contributed by atoms with Crippen molar-refractivity contribution in [1.82, 2.24) is 10.2 Å². The molecule has 0 aromatic heterocycles. The van der Waals surface area contributed by atoms with Crippen LogP contribution < -0.4 is 5.32 Å². The topological polar surface area (TPSA) is 36.9 Å². The van der Waals surface area contributed by atoms with Crippen LogP contribution in [-0.2, 0) is 11.2 Å². The monoisotopic (exact) mass is 453 g/mol. The van der Waals surface area contributed by atoms with Gasteiger partial charge in [-0.2, -0.15) is 0 Å². The molecule has 0 bridgehead atoms. The largest absolute Gasteiger partial charge is 0.381 e. The summed E-state index contributed by atoms with van der Waals surface area (Å²) < 4.78 is 5.46. The van der Waals surface area contributed by atoms with E-state index in [4.69, 9.17) is 4.74 Å². The molecular formula is C20H28IN3O. The molecule has 2 aromatic carbocycles. The third-order valence-corrected chi connectivity index (χ3v) is 4.64. The van der Waals surface area contributed by atoms with Crippen LogP contribution in [0.15, 0.2) is 47.5 Å². The highest BCUT2D eigenvalue weighted by molar-refractivity contribution is 14.0. The number of nitrogens with one attached hydrogen (secondary N) is 1. The Kier molecular flexibility index (Phi) is 7.96. The third-order valence-electron chi connectivity index (χ3n) is 4.64. The molecule has 25 heavy (non-hydrogen) atoms. The molecule has 1 saturated heterocycles. The van der Waals surface area contributed by atoms with Crippen molar-refractivity contribution in [2.24, 2.45) is 10.9 Å². The molecule has 0 saturated carbocycles. The van der Waals surface area contributed by atoms with Gasteiger partial charge >= 0.3 is 0 Å². The summed E-state index contributed by atoms with van der Waals surface area (Å²) in [5.41, 5.74) is 1.35. The maximum absolute atomic E-state index is 5.46. The summed E-state index contributed by atoms with van der Waals surface area (Å²) in [5, 5.41) is 6.07. The zero-order valence-corrected chi connectivity index (χ0v) is 17.4. The van der Waals surface area contributed by atoms with Crippen molar-refractivity contribution in [3.63, 3.8) is 0 Å². The van der Waals surface area contributed by atoms with Crippen molar-refractivity contribution in [1.29, 1.82) is 0 Å². The second kappa shape index (κ2) is 9.97. The van der Waals surface area contributed by atoms with E-state index in [0.717, 1.165) is 45.1 Å². The number of hydrogen-bond donors (Lipinski definition) is 1. The summed E-state index contributed by atoms with van der Waals surface area (Å²) in [6.07, 6.45) is 2.14. The van der Waals surface area contributed by atoms with E-state index >= 15 is 0 Å². The van der Waals surface area contributed by atoms with Crippen LogP contribution >= 0.6 is 24.0 Å². The minimum Gasteiger partial charge on any atom is -0.381 e. The molecule has 136 valence electrons. The van der Waals surface area contributed by atoms with Gasteiger partial charge < -0.3 is 15.0 Å². The van der Waals surface area contributed by atoms with Gasteiger partial charge in [-0.15, -0.1) is 24.0 Å². The first kappa shape index (κ1) is 20.0. The van der Waals surface area contributed by atoms with E-state index in [1.54, 1.807) is 0 Å². The average molecular weight is 453 g/mol. The van der Waals surface area contributed by atoms with Gasteiger partial charge in [-0.1, -0.05) is 42.5 Å². The number of halogens is 1. The number of benzene rings is 2. The minimum absolute atomic E-state index is 0. The van der Waals surface area contributed by atoms with Crippen molar-refractivity contribution >= 4 is 40.7 Å². The van der Waals surface area contributed by atoms with Crippen LogP contribution in [0, 0.1) is 5.92 Å². The molecule has 4 nitrogen and oxygen atoms in total. The lowest BCUT2D eigenvalue weighted by atomic mass is 10.1. The number of fused-ring (bicyclic) bond motifs is 1. The summed E-state index contributed by atoms with van der Waals surface area (Å²) >= 11 is 0. The predicted octanol–water partition coefficient (Wildman–Crippen LogP) is 3.54. The molecule has 1 fully saturated rings. The SMILES string of the molecule is CN=C(NCCc1ccc2ccccc2c1)N(C)CC1CCOC1.I. The van der Waals surface area contributed by atoms with Gasteiger partial charge in [0.2, 0.25) is 0 Å². The normalized spacial score (nSPS) is 17.4. The highest BCUT2D eigenvalue weighted by atomic mass is 127. The maximum atomic E-state index is 5.46. The van der Waals surface area contributed by atoms with Gasteiger partial charge in [0, 0.05) is 39.7 Å². The van der Waals surface area contributed by atoms with Crippen molar-refractivity contribution in [2.45, 2.75) is 12.8 Å². The van der Waals surface area contributed by atoms with Crippen LogP contribution in [0.25, 0.3) is 10.8 Å². The van der Waals surface area contributed by atoms with Gasteiger partial charge in [-0.05, 0) is 29.2 Å². The molecule has 1 aliphatic rings. The lowest BCUT2D eigenvalue weighted by Gasteiger charge is -2.24. The Morgan fingerprint density at radius 3 is 2.76 bits per heavy atom. The molecule has 1 heterocycles. The number of rotatable bonds is 5. The van der Waals surface area contributed by atoms with E-state index in [9.17, 15) is 0 Å². The standard InChI is InChI=1S/C20H27N3O.HI/c1-21-20(23(2)14-17-10-12-24-15-17)22-11-9-16-7-8-18-5-3-4-6-19(18)13-16;/h3-8,13,17H,9-12,14-15H2,1-2H3,(H,21,22);1H. The number of hydrogen-bond acceptors (Lipinski definition) is 2. The highest BCUT2D eigenvalue weighted by Crippen LogP contribution is 2.16. The van der Waals surface area contributed by atoms with Crippen LogP contribution in [0.2, 0.25) is 0 Å². The molecule has 5 heteroatoms. The van der Waals surface area contributed by atoms with Crippen molar-refractivity contribution in [2.75, 3.05) is 40.4 Å². The molecule has 3 rings (SSSR count). The molecule has 1 N–H and O–H groups in total. The summed E-state index contributed by atoms with van der Waals surface area (Å²) in [4.78, 5) is 6.61. The highest BCUT2D eigenvalue weighted by Gasteiger charge is 2.18. The summed E-state index contributed by atoms with van der Waals surface area (Å²) in [5.74, 6) is 1.58. The molecule has 0 amide bonds. The van der Waals surface area contributed by atoms with Crippen molar-refractivity contribution in [3.8, 4) is 0 Å². The van der Waals surface area contributed by atoms with E-state index in [2.05, 4.69) is 64.7 Å². The Balaban J connectivity index is 0.00000225. The number of guanidine groups is 1. The minimum atomic E-state index is 0. The zero-order chi connectivity index (χ0) is 16.8. The first-order valence-corrected chi connectivity index (χ1v) is 8.73. The molecule has 2 aromatic rings. The second-order valence-corrected chi connectivity index (χ2v) is 6.52. The molecule has 1 aliphatic heterocycles. The average Bonchev–Trinajstić information content (AvgIpc) is 3.11. The van der Waals surface area contributed by atoms with Crippen LogP contribution in [0.4, 0.5) is 0 Å². The first-order chi connectivity index (χ1) is 11.8. The van der Waals surface area contributed by atoms with E-state index in [1.807, 2.05) is 7.05 Å². The smallest absolute Gasteiger partial charge is 0.193 e. The lowest BCUT2D eigenvalue weighted by molar-refractivity contribution is 0.181. The van der Waals surface area contributed by atoms with Crippen LogP contribution in [0.3, 0.4) is 0 Å². The van der Waals surface area contributed by atoms with Crippen molar-refractivity contribution < 1.29 is 4.74 Å². The Bertz CT molecular complexity index is 698. The second-order valence-electron chi connectivity index (χ2n) is 6.52. The number of nitrogens with zero attached hydrogens (tertiary/aromatic N) is 2. The summed E-state index contributed by atoms with van der Waals surface area (Å²) in [6, 6.07) is 15.2. The molecular weight excluding hydrogens is 425 g/mol. The molecule has 1 unspecified atom stereocenters. The summed E-state index contributed by atoms with van der Waals surface area (Å²) in [7, 11) is 3.95. The molecule has 0 spiro atoms. The predicted molar refractivity (Wildman–Crippen MR) is 116 cm³/mol. The van der Waals surface area contributed by atoms with E-state index in [0.29, 0.717) is 5.92 Å². The Labute approximate surface area is 167 Å². The van der Waals surface area contributed by atoms with Crippen molar-refractivity contribution in [3.05, 3.63) is 48.0 Å². The van der Waals surface area contributed by atoms with Crippen LogP contribution in [0.1, 0.15) is 12.0 Å². The first-order valence-electron chi connectivity index (χ1n) is 8.73. The van der Waals surface area contributed by atoms with E-state index in [1.165, 1.54) is 16.3 Å². The van der Waals surface area contributed by atoms with Crippen LogP contribution in [-0.4, -0.2) is 51.3 Å². The lowest BCUT2D eigenvalue weighted by Crippen LogP contribution is -2.42. The van der Waals surface area contributed by atoms with Gasteiger partial charge in [0.05, 0.1) is 6.61 Å². The van der Waals surface area contributed by atoms with E-state index < -0.39 is 0 Å². The van der Waals surface area contributed by atoms with Crippen LogP contribution in [0.5, 0.6) is 0 Å². The molecule has 0 radical (unpaired) electrons. The Morgan fingerprint density at radius 2 is 2.04 bits per heavy atom. The fourth-order valence-electron chi connectivity index (χ4n) is 3.30. The molecule has 1 atom stereocenters. The Morgan fingerprint density at radius 1 is 1.24 bits per heavy atom. The number of aliphatic imine (C=N–C) groups is 1. The Hall–Kier alpha value is -1.34. The van der Waals surface area contributed by atoms with Gasteiger partial charge in [0.15, 0.2) is 5.96 Å². The van der Waals surface area contributed by atoms with E-state index in [-0.39, 0.29) is 24.0 Å². The fourth-order valence-corrected chi connectivity index (χ4v) is 3.30. The number of ether oxygens (including phenoxy) is 1. The zero-order valence-electron chi connectivity index (χ0n) is 15.1. The van der Waals surface area contributed by atoms with Gasteiger partial charge in [-0.25, -0.2) is 0 Å².